The third-order valence-corrected chi connectivity index (χ3v) is 2.75. The molecular weight excluding hydrogens is 218 g/mol. The molecule has 0 bridgehead atoms. The lowest BCUT2D eigenvalue weighted by molar-refractivity contribution is -0.121. The van der Waals surface area contributed by atoms with Gasteiger partial charge in [0.2, 0.25) is 5.91 Å². The Morgan fingerprint density at radius 3 is 2.71 bits per heavy atom. The van der Waals surface area contributed by atoms with Gasteiger partial charge in [-0.3, -0.25) is 4.79 Å². The molecule has 17 heavy (non-hydrogen) atoms. The van der Waals surface area contributed by atoms with Crippen LogP contribution in [0.25, 0.3) is 0 Å². The number of carbonyl (C=O) groups excluding carboxylic acids is 1. The summed E-state index contributed by atoms with van der Waals surface area (Å²) in [6.07, 6.45) is 1.64. The van der Waals surface area contributed by atoms with Gasteiger partial charge in [0.15, 0.2) is 0 Å². The average molecular weight is 239 g/mol. The third kappa shape index (κ3) is 4.52. The van der Waals surface area contributed by atoms with Gasteiger partial charge < -0.3 is 10.2 Å². The van der Waals surface area contributed by atoms with Gasteiger partial charge >= 0.3 is 0 Å². The molecule has 1 rings (SSSR count). The van der Waals surface area contributed by atoms with Gasteiger partial charge in [-0.2, -0.15) is 0 Å². The lowest BCUT2D eigenvalue weighted by atomic mass is 10.4. The first-order valence-electron chi connectivity index (χ1n) is 6.01. The molecule has 0 fully saturated rings. The Balaban J connectivity index is 2.24. The molecule has 1 heterocycles. The highest BCUT2D eigenvalue weighted by Gasteiger charge is 2.06. The van der Waals surface area contributed by atoms with Crippen molar-refractivity contribution in [1.29, 1.82) is 0 Å². The van der Waals surface area contributed by atoms with E-state index in [1.165, 1.54) is 0 Å². The van der Waals surface area contributed by atoms with Crippen LogP contribution in [0.15, 0.2) is 6.20 Å². The maximum absolute atomic E-state index is 11.6. The van der Waals surface area contributed by atoms with Crippen molar-refractivity contribution in [3.05, 3.63) is 11.9 Å². The monoisotopic (exact) mass is 239 g/mol. The van der Waals surface area contributed by atoms with Crippen LogP contribution in [0.4, 0.5) is 0 Å². The lowest BCUT2D eigenvalue weighted by Gasteiger charge is -2.17. The number of nitrogens with zero attached hydrogens (tertiary/aromatic N) is 4. The van der Waals surface area contributed by atoms with E-state index >= 15 is 0 Å². The smallest absolute Gasteiger partial charge is 0.241 e. The van der Waals surface area contributed by atoms with Crippen molar-refractivity contribution in [3.63, 3.8) is 0 Å². The van der Waals surface area contributed by atoms with E-state index in [2.05, 4.69) is 34.4 Å². The molecule has 0 spiro atoms. The Labute approximate surface area is 102 Å². The molecule has 6 nitrogen and oxygen atoms in total. The highest BCUT2D eigenvalue weighted by atomic mass is 16.2. The molecule has 0 radical (unpaired) electrons. The second-order valence-corrected chi connectivity index (χ2v) is 3.91. The highest BCUT2D eigenvalue weighted by molar-refractivity contribution is 5.75. The SMILES string of the molecule is CCN(CC)CCNC(=O)Cn1nncc1C. The van der Waals surface area contributed by atoms with E-state index in [0.717, 1.165) is 25.3 Å². The summed E-state index contributed by atoms with van der Waals surface area (Å²) in [5, 5.41) is 10.4. The number of hydrogen-bond donors (Lipinski definition) is 1. The maximum atomic E-state index is 11.6. The molecule has 0 aliphatic rings. The fourth-order valence-electron chi connectivity index (χ4n) is 1.55. The van der Waals surface area contributed by atoms with Crippen LogP contribution in [-0.2, 0) is 11.3 Å². The third-order valence-electron chi connectivity index (χ3n) is 2.75. The van der Waals surface area contributed by atoms with Crippen molar-refractivity contribution in [2.24, 2.45) is 0 Å². The van der Waals surface area contributed by atoms with Crippen LogP contribution < -0.4 is 5.32 Å². The van der Waals surface area contributed by atoms with Crippen molar-refractivity contribution in [2.45, 2.75) is 27.3 Å². The first-order chi connectivity index (χ1) is 8.17. The first kappa shape index (κ1) is 13.6. The number of rotatable bonds is 7. The maximum Gasteiger partial charge on any atom is 0.241 e. The normalized spacial score (nSPS) is 10.8. The van der Waals surface area contributed by atoms with Crippen LogP contribution in [0.5, 0.6) is 0 Å². The van der Waals surface area contributed by atoms with Gasteiger partial charge in [0.1, 0.15) is 6.54 Å². The van der Waals surface area contributed by atoms with E-state index in [9.17, 15) is 4.79 Å². The van der Waals surface area contributed by atoms with Crippen molar-refractivity contribution < 1.29 is 4.79 Å². The van der Waals surface area contributed by atoms with Gasteiger partial charge in [-0.25, -0.2) is 4.68 Å². The van der Waals surface area contributed by atoms with Gasteiger partial charge in [0.25, 0.3) is 0 Å². The van der Waals surface area contributed by atoms with Gasteiger partial charge in [-0.05, 0) is 20.0 Å². The second-order valence-electron chi connectivity index (χ2n) is 3.91. The van der Waals surface area contributed by atoms with E-state index in [1.807, 2.05) is 6.92 Å². The molecule has 0 aromatic carbocycles. The van der Waals surface area contributed by atoms with Gasteiger partial charge in [-0.1, -0.05) is 19.1 Å². The van der Waals surface area contributed by atoms with Crippen molar-refractivity contribution >= 4 is 5.91 Å². The predicted molar refractivity (Wildman–Crippen MR) is 65.6 cm³/mol. The van der Waals surface area contributed by atoms with Crippen molar-refractivity contribution in [3.8, 4) is 0 Å². The second kappa shape index (κ2) is 7.01. The molecule has 0 atom stereocenters. The van der Waals surface area contributed by atoms with Crippen LogP contribution in [0.1, 0.15) is 19.5 Å². The number of aryl methyl sites for hydroxylation is 1. The van der Waals surface area contributed by atoms with Gasteiger partial charge in [-0.15, -0.1) is 5.10 Å². The van der Waals surface area contributed by atoms with E-state index in [0.29, 0.717) is 6.54 Å². The minimum absolute atomic E-state index is 0.0224. The minimum atomic E-state index is -0.0224. The summed E-state index contributed by atoms with van der Waals surface area (Å²) >= 11 is 0. The number of aromatic nitrogens is 3. The van der Waals surface area contributed by atoms with Crippen LogP contribution in [0.2, 0.25) is 0 Å². The molecule has 6 heteroatoms. The van der Waals surface area contributed by atoms with Crippen LogP contribution >= 0.6 is 0 Å². The molecule has 0 aliphatic heterocycles. The molecule has 0 aliphatic carbocycles. The van der Waals surface area contributed by atoms with Crippen LogP contribution in [-0.4, -0.2) is 52.0 Å². The predicted octanol–water partition coefficient (Wildman–Crippen LogP) is 0.0445. The fraction of sp³-hybridized carbons (Fsp3) is 0.727. The summed E-state index contributed by atoms with van der Waals surface area (Å²) in [5.74, 6) is -0.0224. The average Bonchev–Trinajstić information content (AvgIpc) is 2.71. The Hall–Kier alpha value is -1.43. The molecule has 1 aromatic rings. The first-order valence-corrected chi connectivity index (χ1v) is 6.01. The molecule has 0 unspecified atom stereocenters. The molecule has 0 saturated heterocycles. The Bertz CT molecular complexity index is 345. The summed E-state index contributed by atoms with van der Waals surface area (Å²) in [5.41, 5.74) is 0.892. The quantitative estimate of drug-likeness (QED) is 0.730. The summed E-state index contributed by atoms with van der Waals surface area (Å²) in [6, 6.07) is 0. The number of likely N-dealkylation sites (N-methyl/N-ethyl adjacent to an activating group) is 1. The topological polar surface area (TPSA) is 63.1 Å². The summed E-state index contributed by atoms with van der Waals surface area (Å²) in [6.45, 7) is 9.92. The van der Waals surface area contributed by atoms with E-state index in [4.69, 9.17) is 0 Å². The molecule has 1 N–H and O–H groups in total. The number of carbonyl (C=O) groups is 1. The number of hydrogen-bond acceptors (Lipinski definition) is 4. The lowest BCUT2D eigenvalue weighted by Crippen LogP contribution is -2.36. The fourth-order valence-corrected chi connectivity index (χ4v) is 1.55. The molecule has 96 valence electrons. The van der Waals surface area contributed by atoms with Crippen LogP contribution in [0.3, 0.4) is 0 Å². The molecular formula is C11H21N5O. The summed E-state index contributed by atoms with van der Waals surface area (Å²) in [7, 11) is 0. The van der Waals surface area contributed by atoms with E-state index in [1.54, 1.807) is 10.9 Å². The highest BCUT2D eigenvalue weighted by Crippen LogP contribution is 1.92. The van der Waals surface area contributed by atoms with Crippen LogP contribution in [0, 0.1) is 6.92 Å². The van der Waals surface area contributed by atoms with Crippen molar-refractivity contribution in [1.82, 2.24) is 25.2 Å². The molecule has 1 amide bonds. The Kier molecular flexibility index (Phi) is 5.62. The molecule has 0 saturated carbocycles. The van der Waals surface area contributed by atoms with E-state index < -0.39 is 0 Å². The zero-order valence-corrected chi connectivity index (χ0v) is 10.8. The zero-order chi connectivity index (χ0) is 12.7. The zero-order valence-electron chi connectivity index (χ0n) is 10.8. The number of amides is 1. The summed E-state index contributed by atoms with van der Waals surface area (Å²) in [4.78, 5) is 13.9. The largest absolute Gasteiger partial charge is 0.353 e. The Morgan fingerprint density at radius 2 is 2.18 bits per heavy atom. The standard InChI is InChI=1S/C11H21N5O/c1-4-15(5-2)7-6-12-11(17)9-16-10(3)8-13-14-16/h8H,4-7,9H2,1-3H3,(H,12,17). The van der Waals surface area contributed by atoms with Gasteiger partial charge in [0, 0.05) is 13.1 Å². The van der Waals surface area contributed by atoms with E-state index in [-0.39, 0.29) is 12.5 Å². The minimum Gasteiger partial charge on any atom is -0.353 e. The summed E-state index contributed by atoms with van der Waals surface area (Å²) < 4.78 is 1.59. The Morgan fingerprint density at radius 1 is 1.47 bits per heavy atom. The van der Waals surface area contributed by atoms with Gasteiger partial charge in [0.05, 0.1) is 11.9 Å². The molecule has 1 aromatic heterocycles. The number of nitrogens with one attached hydrogen (secondary N) is 1. The van der Waals surface area contributed by atoms with Crippen molar-refractivity contribution in [2.75, 3.05) is 26.2 Å².